The normalized spacial score (nSPS) is 21.1. The van der Waals surface area contributed by atoms with Gasteiger partial charge in [-0.25, -0.2) is 9.52 Å². The van der Waals surface area contributed by atoms with Gasteiger partial charge in [-0.1, -0.05) is 0 Å². The zero-order chi connectivity index (χ0) is 13.1. The lowest BCUT2D eigenvalue weighted by Gasteiger charge is -2.15. The van der Waals surface area contributed by atoms with Gasteiger partial charge in [-0.3, -0.25) is 4.79 Å². The van der Waals surface area contributed by atoms with E-state index >= 15 is 0 Å². The molecule has 1 fully saturated rings. The van der Waals surface area contributed by atoms with E-state index in [9.17, 15) is 18.0 Å². The summed E-state index contributed by atoms with van der Waals surface area (Å²) >= 11 is 0. The molecule has 0 spiro atoms. The fraction of sp³-hybridized carbons (Fsp3) is 0.750. The van der Waals surface area contributed by atoms with Gasteiger partial charge < -0.3 is 9.84 Å². The first-order valence-corrected chi connectivity index (χ1v) is 6.37. The van der Waals surface area contributed by atoms with Crippen LogP contribution < -0.4 is 4.72 Å². The van der Waals surface area contributed by atoms with Crippen molar-refractivity contribution in [1.82, 2.24) is 9.03 Å². The molecular formula is C8H14N2O6S. The van der Waals surface area contributed by atoms with Crippen molar-refractivity contribution in [2.75, 3.05) is 20.2 Å². The number of hydrogen-bond donors (Lipinski definition) is 2. The van der Waals surface area contributed by atoms with Crippen LogP contribution in [-0.2, 0) is 19.7 Å². The summed E-state index contributed by atoms with van der Waals surface area (Å²) in [7, 11) is -2.87. The first-order chi connectivity index (χ1) is 7.85. The van der Waals surface area contributed by atoms with Crippen molar-refractivity contribution >= 4 is 22.3 Å². The van der Waals surface area contributed by atoms with Crippen LogP contribution in [0.5, 0.6) is 0 Å². The van der Waals surface area contributed by atoms with Gasteiger partial charge in [0, 0.05) is 19.5 Å². The van der Waals surface area contributed by atoms with E-state index in [2.05, 4.69) is 4.74 Å². The molecule has 1 aliphatic rings. The van der Waals surface area contributed by atoms with E-state index in [-0.39, 0.29) is 25.4 Å². The summed E-state index contributed by atoms with van der Waals surface area (Å²) in [6.07, 6.45) is -0.676. The van der Waals surface area contributed by atoms with Gasteiger partial charge in [-0.15, -0.1) is 0 Å². The van der Waals surface area contributed by atoms with Crippen LogP contribution in [0.15, 0.2) is 0 Å². The molecule has 17 heavy (non-hydrogen) atoms. The summed E-state index contributed by atoms with van der Waals surface area (Å²) < 4.78 is 30.1. The van der Waals surface area contributed by atoms with Gasteiger partial charge in [0.1, 0.15) is 0 Å². The third-order valence-electron chi connectivity index (χ3n) is 2.45. The largest absolute Gasteiger partial charge is 0.481 e. The number of hydrogen-bond acceptors (Lipinski definition) is 5. The number of aliphatic carboxylic acids is 1. The third kappa shape index (κ3) is 3.86. The number of methoxy groups -OCH3 is 1. The Morgan fingerprint density at radius 1 is 1.53 bits per heavy atom. The highest BCUT2D eigenvalue weighted by molar-refractivity contribution is 7.87. The fourth-order valence-electron chi connectivity index (χ4n) is 1.64. The van der Waals surface area contributed by atoms with E-state index in [0.29, 0.717) is 6.42 Å². The zero-order valence-electron chi connectivity index (χ0n) is 9.25. The molecule has 1 amide bonds. The van der Waals surface area contributed by atoms with Gasteiger partial charge in [0.2, 0.25) is 0 Å². The molecule has 8 nitrogen and oxygen atoms in total. The van der Waals surface area contributed by atoms with Crippen molar-refractivity contribution in [3.05, 3.63) is 0 Å². The first kappa shape index (κ1) is 13.7. The molecule has 9 heteroatoms. The van der Waals surface area contributed by atoms with Crippen molar-refractivity contribution in [1.29, 1.82) is 0 Å². The van der Waals surface area contributed by atoms with Crippen LogP contribution in [0.25, 0.3) is 0 Å². The van der Waals surface area contributed by atoms with E-state index < -0.39 is 22.3 Å². The van der Waals surface area contributed by atoms with Crippen molar-refractivity contribution in [2.24, 2.45) is 5.92 Å². The first-order valence-electron chi connectivity index (χ1n) is 4.93. The van der Waals surface area contributed by atoms with E-state index in [4.69, 9.17) is 5.11 Å². The quantitative estimate of drug-likeness (QED) is 0.701. The van der Waals surface area contributed by atoms with Crippen LogP contribution in [0, 0.1) is 5.92 Å². The van der Waals surface area contributed by atoms with Crippen LogP contribution in [0.1, 0.15) is 12.8 Å². The number of carbonyl (C=O) groups excluding carboxylic acids is 1. The molecule has 1 heterocycles. The van der Waals surface area contributed by atoms with Crippen molar-refractivity contribution < 1.29 is 27.9 Å². The third-order valence-corrected chi connectivity index (χ3v) is 3.89. The van der Waals surface area contributed by atoms with Crippen LogP contribution in [0.2, 0.25) is 0 Å². The molecule has 2 N–H and O–H groups in total. The summed E-state index contributed by atoms with van der Waals surface area (Å²) in [6.45, 7) is 0.295. The average molecular weight is 266 g/mol. The van der Waals surface area contributed by atoms with E-state index in [1.807, 2.05) is 0 Å². The average Bonchev–Trinajstić information content (AvgIpc) is 2.65. The molecule has 0 aromatic rings. The zero-order valence-corrected chi connectivity index (χ0v) is 10.1. The highest BCUT2D eigenvalue weighted by atomic mass is 32.2. The summed E-state index contributed by atoms with van der Waals surface area (Å²) in [5, 5.41) is 8.59. The number of nitrogens with one attached hydrogen (secondary N) is 1. The number of rotatable bonds is 4. The number of carboxylic acid groups (broad SMARTS) is 1. The monoisotopic (exact) mass is 266 g/mol. The van der Waals surface area contributed by atoms with Crippen LogP contribution in [0.3, 0.4) is 0 Å². The molecule has 0 radical (unpaired) electrons. The van der Waals surface area contributed by atoms with Crippen LogP contribution >= 0.6 is 0 Å². The molecule has 0 aliphatic carbocycles. The van der Waals surface area contributed by atoms with E-state index in [1.54, 1.807) is 4.72 Å². The van der Waals surface area contributed by atoms with Crippen LogP contribution in [-0.4, -0.2) is 50.1 Å². The number of carboxylic acids is 1. The number of ether oxygens (including phenoxy) is 1. The predicted molar refractivity (Wildman–Crippen MR) is 56.4 cm³/mol. The van der Waals surface area contributed by atoms with E-state index in [1.165, 1.54) is 0 Å². The Hall–Kier alpha value is -1.35. The SMILES string of the molecule is COC(=O)NS(=O)(=O)N1CCC(CC(=O)O)C1. The second kappa shape index (κ2) is 5.32. The summed E-state index contributed by atoms with van der Waals surface area (Å²) in [5.74, 6) is -1.18. The summed E-state index contributed by atoms with van der Waals surface area (Å²) in [6, 6.07) is 0. The van der Waals surface area contributed by atoms with Gasteiger partial charge in [0.15, 0.2) is 0 Å². The molecule has 0 aromatic carbocycles. The van der Waals surface area contributed by atoms with Gasteiger partial charge in [0.25, 0.3) is 0 Å². The van der Waals surface area contributed by atoms with Gasteiger partial charge >= 0.3 is 22.3 Å². The molecule has 1 atom stereocenters. The highest BCUT2D eigenvalue weighted by Crippen LogP contribution is 2.21. The minimum atomic E-state index is -3.92. The smallest absolute Gasteiger partial charge is 0.421 e. The molecule has 1 rings (SSSR count). The van der Waals surface area contributed by atoms with Crippen molar-refractivity contribution in [2.45, 2.75) is 12.8 Å². The number of amides is 1. The molecule has 98 valence electrons. The highest BCUT2D eigenvalue weighted by Gasteiger charge is 2.33. The second-order valence-corrected chi connectivity index (χ2v) is 5.38. The Morgan fingerprint density at radius 3 is 2.71 bits per heavy atom. The topological polar surface area (TPSA) is 113 Å². The fourth-order valence-corrected chi connectivity index (χ4v) is 2.82. The Labute approximate surface area is 98.7 Å². The standard InChI is InChI=1S/C8H14N2O6S/c1-16-8(13)9-17(14,15)10-3-2-6(5-10)4-7(11)12/h6H,2-5H2,1H3,(H,9,13)(H,11,12). The van der Waals surface area contributed by atoms with E-state index in [0.717, 1.165) is 11.4 Å². The Bertz CT molecular complexity index is 406. The minimum Gasteiger partial charge on any atom is -0.481 e. The van der Waals surface area contributed by atoms with Crippen molar-refractivity contribution in [3.63, 3.8) is 0 Å². The maximum absolute atomic E-state index is 11.6. The molecule has 1 unspecified atom stereocenters. The van der Waals surface area contributed by atoms with Crippen molar-refractivity contribution in [3.8, 4) is 0 Å². The molecular weight excluding hydrogens is 252 g/mol. The lowest BCUT2D eigenvalue weighted by molar-refractivity contribution is -0.138. The Kier molecular flexibility index (Phi) is 4.29. The van der Waals surface area contributed by atoms with Gasteiger partial charge in [-0.05, 0) is 12.3 Å². The van der Waals surface area contributed by atoms with Crippen LogP contribution in [0.4, 0.5) is 4.79 Å². The predicted octanol–water partition coefficient (Wildman–Crippen LogP) is -0.616. The lowest BCUT2D eigenvalue weighted by Crippen LogP contribution is -2.42. The Morgan fingerprint density at radius 2 is 2.18 bits per heavy atom. The summed E-state index contributed by atoms with van der Waals surface area (Å²) in [4.78, 5) is 21.3. The lowest BCUT2D eigenvalue weighted by atomic mass is 10.1. The maximum Gasteiger partial charge on any atom is 0.421 e. The maximum atomic E-state index is 11.6. The summed E-state index contributed by atoms with van der Waals surface area (Å²) in [5.41, 5.74) is 0. The molecule has 0 aromatic heterocycles. The Balaban J connectivity index is 2.58. The number of nitrogens with zero attached hydrogens (tertiary/aromatic N) is 1. The van der Waals surface area contributed by atoms with Gasteiger partial charge in [-0.2, -0.15) is 12.7 Å². The molecule has 1 saturated heterocycles. The second-order valence-electron chi connectivity index (χ2n) is 3.71. The molecule has 0 bridgehead atoms. The number of carbonyl (C=O) groups is 2. The minimum absolute atomic E-state index is 0.0791. The van der Waals surface area contributed by atoms with Gasteiger partial charge in [0.05, 0.1) is 7.11 Å². The molecule has 0 saturated carbocycles. The molecule has 1 aliphatic heterocycles.